The lowest BCUT2D eigenvalue weighted by Crippen LogP contribution is -2.39. The molecule has 0 radical (unpaired) electrons. The van der Waals surface area contributed by atoms with E-state index in [1.165, 1.54) is 0 Å². The smallest absolute Gasteiger partial charge is 0.309 e. The van der Waals surface area contributed by atoms with E-state index in [0.717, 1.165) is 0 Å². The van der Waals surface area contributed by atoms with Gasteiger partial charge < -0.3 is 18.9 Å². The topological polar surface area (TPSA) is 54.0 Å². The molecule has 0 amide bonds. The average Bonchev–Trinajstić information content (AvgIpc) is 2.76. The summed E-state index contributed by atoms with van der Waals surface area (Å²) in [5, 5.41) is 0. The van der Waals surface area contributed by atoms with Crippen LogP contribution in [0, 0.1) is 11.8 Å². The van der Waals surface area contributed by atoms with Crippen molar-refractivity contribution in [3.63, 3.8) is 0 Å². The van der Waals surface area contributed by atoms with Gasteiger partial charge in [-0.3, -0.25) is 4.79 Å². The third kappa shape index (κ3) is 4.95. The molecule has 1 fully saturated rings. The summed E-state index contributed by atoms with van der Waals surface area (Å²) in [6.07, 6.45) is 5.54. The number of esters is 1. The molecule has 5 nitrogen and oxygen atoms in total. The second-order valence-corrected chi connectivity index (χ2v) is 8.64. The summed E-state index contributed by atoms with van der Waals surface area (Å²) in [5.74, 6) is -2.07. The number of thioether (sulfide) groups is 3. The fraction of sp³-hybridized carbons (Fsp3) is 0.929. The highest BCUT2D eigenvalue weighted by Gasteiger charge is 2.53. The van der Waals surface area contributed by atoms with Crippen molar-refractivity contribution < 1.29 is 25.1 Å². The van der Waals surface area contributed by atoms with E-state index in [1.54, 1.807) is 49.3 Å². The predicted molar refractivity (Wildman–Crippen MR) is 94.5 cm³/mol. The maximum absolute atomic E-state index is 12.1. The second-order valence-electron chi connectivity index (χ2n) is 4.71. The molecule has 0 aromatic rings. The number of hydrogen-bond acceptors (Lipinski definition) is 8. The van der Waals surface area contributed by atoms with Crippen LogP contribution in [-0.2, 0) is 23.7 Å². The number of methoxy groups -OCH3 is 1. The Morgan fingerprint density at radius 2 is 1.86 bits per heavy atom. The van der Waals surface area contributed by atoms with Gasteiger partial charge in [-0.15, -0.1) is 35.3 Å². The Labute approximate surface area is 147 Å². The molecule has 0 N–H and O–H groups in total. The van der Waals surface area contributed by atoms with Crippen molar-refractivity contribution in [1.29, 1.82) is 0 Å². The van der Waals surface area contributed by atoms with Gasteiger partial charge in [0.1, 0.15) is 16.3 Å². The minimum absolute atomic E-state index is 0.115. The summed E-state index contributed by atoms with van der Waals surface area (Å²) < 4.78 is 29.3. The maximum Gasteiger partial charge on any atom is 0.309 e. The molecule has 1 heterocycles. The van der Waals surface area contributed by atoms with E-state index >= 15 is 0 Å². The molecule has 8 heteroatoms. The van der Waals surface area contributed by atoms with E-state index < -0.39 is 18.0 Å². The first-order valence-corrected chi connectivity index (χ1v) is 10.6. The fourth-order valence-electron chi connectivity index (χ4n) is 2.38. The van der Waals surface area contributed by atoms with E-state index in [1.807, 2.05) is 18.8 Å². The number of cyclic esters (lactones) is 1. The lowest BCUT2D eigenvalue weighted by Gasteiger charge is -2.37. The molecule has 1 aliphatic heterocycles. The van der Waals surface area contributed by atoms with E-state index in [2.05, 4.69) is 0 Å². The van der Waals surface area contributed by atoms with Gasteiger partial charge in [-0.2, -0.15) is 0 Å². The Bertz CT molecular complexity index is 371. The van der Waals surface area contributed by atoms with E-state index in [9.17, 15) is 4.79 Å². The molecule has 130 valence electrons. The van der Waals surface area contributed by atoms with Gasteiger partial charge in [0.15, 0.2) is 0 Å². The van der Waals surface area contributed by atoms with Crippen LogP contribution < -0.4 is 0 Å². The summed E-state index contributed by atoms with van der Waals surface area (Å²) in [6.45, 7) is 2.92. The van der Waals surface area contributed by atoms with Crippen molar-refractivity contribution in [2.45, 2.75) is 16.4 Å². The van der Waals surface area contributed by atoms with Gasteiger partial charge in [0, 0.05) is 14.4 Å². The van der Waals surface area contributed by atoms with Crippen molar-refractivity contribution in [1.82, 2.24) is 0 Å². The number of carbonyl (C=O) groups is 1. The molecular weight excluding hydrogens is 344 g/mol. The first kappa shape index (κ1) is 18.7. The molecule has 0 bridgehead atoms. The molecule has 0 aromatic carbocycles. The van der Waals surface area contributed by atoms with Gasteiger partial charge in [0.25, 0.3) is 0 Å². The zero-order valence-electron chi connectivity index (χ0n) is 14.7. The van der Waals surface area contributed by atoms with Gasteiger partial charge in [0.05, 0.1) is 25.7 Å². The monoisotopic (exact) mass is 371 g/mol. The lowest BCUT2D eigenvalue weighted by atomic mass is 9.93. The highest BCUT2D eigenvalue weighted by molar-refractivity contribution is 8.33. The van der Waals surface area contributed by atoms with Gasteiger partial charge in [-0.25, -0.2) is 0 Å². The van der Waals surface area contributed by atoms with E-state index in [4.69, 9.17) is 20.3 Å². The number of rotatable bonds is 11. The molecule has 0 aromatic heterocycles. The van der Waals surface area contributed by atoms with Crippen LogP contribution in [0.3, 0.4) is 0 Å². The molecular formula is C14H26O5S3. The Morgan fingerprint density at radius 3 is 2.41 bits per heavy atom. The van der Waals surface area contributed by atoms with Gasteiger partial charge in [-0.1, -0.05) is 6.92 Å². The zero-order valence-corrected chi connectivity index (χ0v) is 16.2. The summed E-state index contributed by atoms with van der Waals surface area (Å²) in [5.41, 5.74) is 0. The molecule has 3 atom stereocenters. The highest BCUT2D eigenvalue weighted by Crippen LogP contribution is 2.55. The Kier molecular flexibility index (Phi) is 8.77. The van der Waals surface area contributed by atoms with Crippen LogP contribution in [-0.4, -0.2) is 68.0 Å². The van der Waals surface area contributed by atoms with Gasteiger partial charge in [-0.05, 0) is 18.8 Å². The summed E-state index contributed by atoms with van der Waals surface area (Å²) >= 11 is 4.93. The molecule has 1 aliphatic rings. The minimum atomic E-state index is -1.29. The third-order valence-corrected chi connectivity index (χ3v) is 9.00. The number of ether oxygens (including phenoxy) is 4. The first-order valence-electron chi connectivity index (χ1n) is 7.40. The second kappa shape index (κ2) is 10.3. The fourth-order valence-corrected chi connectivity index (χ4v) is 6.13. The molecule has 1 saturated heterocycles. The predicted octanol–water partition coefficient (Wildman–Crippen LogP) is 2.54. The van der Waals surface area contributed by atoms with Crippen LogP contribution >= 0.6 is 35.3 Å². The number of carbonyl (C=O) groups excluding carboxylic acids is 1. The zero-order chi connectivity index (χ0) is 17.5. The van der Waals surface area contributed by atoms with Crippen LogP contribution in [0.5, 0.6) is 0 Å². The van der Waals surface area contributed by atoms with Crippen molar-refractivity contribution in [3.05, 3.63) is 0 Å². The summed E-state index contributed by atoms with van der Waals surface area (Å²) in [7, 11) is 1.61. The Balaban J connectivity index is 2.74. The molecule has 0 aliphatic carbocycles. The van der Waals surface area contributed by atoms with Crippen molar-refractivity contribution in [3.8, 4) is 0 Å². The Hall–Kier alpha value is 0.400. The van der Waals surface area contributed by atoms with Gasteiger partial charge >= 0.3 is 5.97 Å². The standard InChI is InChI=1S/C14H26O5S3/c1-10-12(14(20-3,21-4)22-5)11(19-13(10)15)8-18-9-17-7-6-16-2/h10-12H,6-9H2,1-5H3/t10-,11-,12+/m1/s1/i10D. The van der Waals surface area contributed by atoms with Crippen LogP contribution in [0.15, 0.2) is 0 Å². The molecule has 1 rings (SSSR count). The van der Waals surface area contributed by atoms with E-state index in [-0.39, 0.29) is 22.7 Å². The van der Waals surface area contributed by atoms with Crippen LogP contribution in [0.1, 0.15) is 8.29 Å². The summed E-state index contributed by atoms with van der Waals surface area (Å²) in [6, 6.07) is 0. The summed E-state index contributed by atoms with van der Waals surface area (Å²) in [4.78, 5) is 12.1. The molecule has 0 saturated carbocycles. The normalized spacial score (nSPS) is 29.5. The van der Waals surface area contributed by atoms with Crippen molar-refractivity contribution >= 4 is 41.3 Å². The van der Waals surface area contributed by atoms with Crippen LogP contribution in [0.4, 0.5) is 0 Å². The minimum Gasteiger partial charge on any atom is -0.459 e. The lowest BCUT2D eigenvalue weighted by molar-refractivity contribution is -0.148. The third-order valence-electron chi connectivity index (χ3n) is 3.53. The molecule has 0 unspecified atom stereocenters. The first-order chi connectivity index (χ1) is 10.9. The highest BCUT2D eigenvalue weighted by atomic mass is 32.3. The average molecular weight is 372 g/mol. The van der Waals surface area contributed by atoms with E-state index in [0.29, 0.717) is 13.2 Å². The maximum atomic E-state index is 12.1. The molecule has 0 spiro atoms. The number of hydrogen-bond donors (Lipinski definition) is 0. The van der Waals surface area contributed by atoms with Crippen LogP contribution in [0.25, 0.3) is 0 Å². The quantitative estimate of drug-likeness (QED) is 0.312. The SMILES string of the molecule is [2H][C@]1(C)C(=O)O[C@H](COCOCCOC)[C@H]1C(SC)(SC)SC. The van der Waals surface area contributed by atoms with Gasteiger partial charge in [0.2, 0.25) is 0 Å². The largest absolute Gasteiger partial charge is 0.459 e. The molecule has 22 heavy (non-hydrogen) atoms. The van der Waals surface area contributed by atoms with Crippen molar-refractivity contribution in [2.24, 2.45) is 11.8 Å². The van der Waals surface area contributed by atoms with Crippen molar-refractivity contribution in [2.75, 3.05) is 52.5 Å². The van der Waals surface area contributed by atoms with Crippen LogP contribution in [0.2, 0.25) is 0 Å². The Morgan fingerprint density at radius 1 is 1.23 bits per heavy atom.